The van der Waals surface area contributed by atoms with Gasteiger partial charge in [0.1, 0.15) is 0 Å². The van der Waals surface area contributed by atoms with Crippen molar-refractivity contribution in [2.24, 2.45) is 16.7 Å². The highest BCUT2D eigenvalue weighted by Gasteiger charge is 2.59. The summed E-state index contributed by atoms with van der Waals surface area (Å²) >= 11 is 1.41. The third-order valence-corrected chi connectivity index (χ3v) is 7.96. The molecule has 0 aliphatic heterocycles. The largest absolute Gasteiger partial charge is 0.396 e. The van der Waals surface area contributed by atoms with E-state index >= 15 is 0 Å². The number of amides is 2. The molecule has 7 nitrogen and oxygen atoms in total. The van der Waals surface area contributed by atoms with Crippen LogP contribution in [-0.2, 0) is 16.0 Å². The van der Waals surface area contributed by atoms with Gasteiger partial charge >= 0.3 is 0 Å². The Bertz CT molecular complexity index is 847. The summed E-state index contributed by atoms with van der Waals surface area (Å²) in [6, 6.07) is 0. The molecule has 1 heterocycles. The number of aromatic nitrogens is 1. The Labute approximate surface area is 175 Å². The maximum absolute atomic E-state index is 12.6. The van der Waals surface area contributed by atoms with Crippen LogP contribution in [0, 0.1) is 29.1 Å². The first kappa shape index (κ1) is 21.8. The first-order valence-electron chi connectivity index (χ1n) is 9.92. The first-order chi connectivity index (χ1) is 13.7. The lowest BCUT2D eigenvalue weighted by Crippen LogP contribution is -2.57. The zero-order chi connectivity index (χ0) is 21.4. The van der Waals surface area contributed by atoms with E-state index in [0.717, 1.165) is 17.0 Å². The molecule has 1 saturated carbocycles. The summed E-state index contributed by atoms with van der Waals surface area (Å²) in [5, 5.41) is 26.9. The number of carbonyl (C=O) groups is 2. The third kappa shape index (κ3) is 3.79. The number of hydrogen-bond acceptors (Lipinski definition) is 6. The number of hydrogen-bond donors (Lipinski definition) is 4. The Balaban J connectivity index is 2.05. The minimum Gasteiger partial charge on any atom is -0.396 e. The molecule has 0 spiro atoms. The van der Waals surface area contributed by atoms with Crippen LogP contribution >= 0.6 is 11.3 Å². The summed E-state index contributed by atoms with van der Waals surface area (Å²) in [6.45, 7) is 5.54. The number of terminal acetylenes is 1. The van der Waals surface area contributed by atoms with E-state index < -0.39 is 11.5 Å². The van der Waals surface area contributed by atoms with Crippen molar-refractivity contribution < 1.29 is 19.8 Å². The molecule has 1 aromatic heterocycles. The molecule has 0 radical (unpaired) electrons. The second-order valence-corrected chi connectivity index (χ2v) is 9.81. The van der Waals surface area contributed by atoms with Gasteiger partial charge in [0.2, 0.25) is 11.8 Å². The van der Waals surface area contributed by atoms with Crippen LogP contribution in [0.1, 0.15) is 56.5 Å². The lowest BCUT2D eigenvalue weighted by molar-refractivity contribution is -0.144. The molecule has 1 aromatic rings. The van der Waals surface area contributed by atoms with Crippen molar-refractivity contribution in [2.45, 2.75) is 58.5 Å². The zero-order valence-electron chi connectivity index (χ0n) is 17.1. The Morgan fingerprint density at radius 3 is 2.76 bits per heavy atom. The number of rotatable bonds is 5. The van der Waals surface area contributed by atoms with Gasteiger partial charge in [-0.2, -0.15) is 0 Å². The molecule has 0 unspecified atom stereocenters. The van der Waals surface area contributed by atoms with Gasteiger partial charge in [-0.3, -0.25) is 9.59 Å². The predicted molar refractivity (Wildman–Crippen MR) is 111 cm³/mol. The Hall–Kier alpha value is -1.95. The van der Waals surface area contributed by atoms with Crippen molar-refractivity contribution in [3.63, 3.8) is 0 Å². The van der Waals surface area contributed by atoms with Gasteiger partial charge in [0.05, 0.1) is 24.9 Å². The molecule has 0 aromatic carbocycles. The smallest absolute Gasteiger partial charge is 0.223 e. The summed E-state index contributed by atoms with van der Waals surface area (Å²) in [5.41, 5.74) is -0.153. The van der Waals surface area contributed by atoms with E-state index in [1.165, 1.54) is 18.3 Å². The van der Waals surface area contributed by atoms with Gasteiger partial charge in [-0.25, -0.2) is 4.98 Å². The Kier molecular flexibility index (Phi) is 6.04. The molecule has 2 aliphatic rings. The van der Waals surface area contributed by atoms with Crippen LogP contribution in [-0.4, -0.2) is 46.3 Å². The highest BCUT2D eigenvalue weighted by atomic mass is 32.1. The summed E-state index contributed by atoms with van der Waals surface area (Å²) in [7, 11) is 0. The number of anilines is 1. The molecule has 0 saturated heterocycles. The van der Waals surface area contributed by atoms with Crippen molar-refractivity contribution >= 4 is 28.3 Å². The number of thiazole rings is 1. The fraction of sp³-hybridized carbons (Fsp3) is 0.667. The monoisotopic (exact) mass is 419 g/mol. The zero-order valence-corrected chi connectivity index (χ0v) is 17.9. The molecule has 3 rings (SSSR count). The molecular formula is C21H29N3O4S. The molecule has 8 heteroatoms. The molecule has 0 bridgehead atoms. The van der Waals surface area contributed by atoms with E-state index in [1.54, 1.807) is 0 Å². The third-order valence-electron chi connectivity index (χ3n) is 6.95. The normalized spacial score (nSPS) is 33.2. The van der Waals surface area contributed by atoms with Crippen LogP contribution < -0.4 is 10.6 Å². The van der Waals surface area contributed by atoms with E-state index in [0.29, 0.717) is 18.0 Å². The maximum atomic E-state index is 12.6. The van der Waals surface area contributed by atoms with Crippen LogP contribution in [0.4, 0.5) is 5.13 Å². The average Bonchev–Trinajstić information content (AvgIpc) is 3.06. The summed E-state index contributed by atoms with van der Waals surface area (Å²) in [5.74, 6) is 1.86. The highest BCUT2D eigenvalue weighted by molar-refractivity contribution is 7.15. The number of nitrogens with one attached hydrogen (secondary N) is 2. The van der Waals surface area contributed by atoms with Crippen LogP contribution in [0.25, 0.3) is 0 Å². The van der Waals surface area contributed by atoms with Gasteiger partial charge in [-0.15, -0.1) is 17.8 Å². The number of aliphatic hydroxyl groups is 2. The highest BCUT2D eigenvalue weighted by Crippen LogP contribution is 2.62. The van der Waals surface area contributed by atoms with Crippen LogP contribution in [0.2, 0.25) is 0 Å². The fourth-order valence-electron chi connectivity index (χ4n) is 5.26. The SMILES string of the molecule is C#CCNC(=O)C[C@@H]1c2nc(NC(C)=O)sc2C[C@@H]2[C@](C)(CO)[C@H](O)CC[C@]21C. The van der Waals surface area contributed by atoms with Gasteiger partial charge < -0.3 is 20.8 Å². The lowest BCUT2D eigenvalue weighted by Gasteiger charge is -2.58. The van der Waals surface area contributed by atoms with Gasteiger partial charge in [-0.1, -0.05) is 19.8 Å². The van der Waals surface area contributed by atoms with Crippen molar-refractivity contribution in [3.8, 4) is 12.3 Å². The molecule has 1 fully saturated rings. The topological polar surface area (TPSA) is 112 Å². The molecule has 29 heavy (non-hydrogen) atoms. The first-order valence-corrected chi connectivity index (χ1v) is 10.7. The molecule has 5 atom stereocenters. The quantitative estimate of drug-likeness (QED) is 0.543. The van der Waals surface area contributed by atoms with Crippen molar-refractivity contribution in [1.82, 2.24) is 10.3 Å². The molecule has 2 aliphatic carbocycles. The van der Waals surface area contributed by atoms with E-state index in [2.05, 4.69) is 28.5 Å². The fourth-order valence-corrected chi connectivity index (χ4v) is 6.37. The minimum absolute atomic E-state index is 0.0210. The van der Waals surface area contributed by atoms with E-state index in [4.69, 9.17) is 6.42 Å². The van der Waals surface area contributed by atoms with Crippen LogP contribution in [0.3, 0.4) is 0 Å². The summed E-state index contributed by atoms with van der Waals surface area (Å²) in [6.07, 6.45) is 6.83. The van der Waals surface area contributed by atoms with E-state index in [-0.39, 0.29) is 48.6 Å². The van der Waals surface area contributed by atoms with Crippen LogP contribution in [0.15, 0.2) is 0 Å². The molecule has 4 N–H and O–H groups in total. The lowest BCUT2D eigenvalue weighted by atomic mass is 9.47. The standard InChI is InChI=1S/C21H29N3O4S/c1-5-8-22-17(28)9-13-18-14(29-19(24-18)23-12(2)26)10-15-20(13,3)7-6-16(27)21(15,4)11-25/h1,13,15-16,25,27H,6-11H2,2-4H3,(H,22,28)(H,23,24,26)/t13-,15+,16-,20+,21+/m1/s1. The van der Waals surface area contributed by atoms with Crippen molar-refractivity contribution in [3.05, 3.63) is 10.6 Å². The molecular weight excluding hydrogens is 390 g/mol. The molecule has 158 valence electrons. The average molecular weight is 420 g/mol. The predicted octanol–water partition coefficient (Wildman–Crippen LogP) is 1.66. The number of nitrogens with zero attached hydrogens (tertiary/aromatic N) is 1. The van der Waals surface area contributed by atoms with Gasteiger partial charge in [0.15, 0.2) is 5.13 Å². The number of aliphatic hydroxyl groups excluding tert-OH is 2. The maximum Gasteiger partial charge on any atom is 0.223 e. The van der Waals surface area contributed by atoms with Gasteiger partial charge in [0.25, 0.3) is 0 Å². The number of carbonyl (C=O) groups excluding carboxylic acids is 2. The summed E-state index contributed by atoms with van der Waals surface area (Å²) in [4.78, 5) is 29.8. The Morgan fingerprint density at radius 1 is 1.41 bits per heavy atom. The minimum atomic E-state index is -0.670. The van der Waals surface area contributed by atoms with Crippen LogP contribution in [0.5, 0.6) is 0 Å². The summed E-state index contributed by atoms with van der Waals surface area (Å²) < 4.78 is 0. The second-order valence-electron chi connectivity index (χ2n) is 8.73. The van der Waals surface area contributed by atoms with E-state index in [9.17, 15) is 19.8 Å². The second kappa shape index (κ2) is 8.05. The van der Waals surface area contributed by atoms with Crippen molar-refractivity contribution in [2.75, 3.05) is 18.5 Å². The van der Waals surface area contributed by atoms with Crippen molar-refractivity contribution in [1.29, 1.82) is 0 Å². The van der Waals surface area contributed by atoms with Gasteiger partial charge in [0, 0.05) is 29.6 Å². The van der Waals surface area contributed by atoms with E-state index in [1.807, 2.05) is 6.92 Å². The Morgan fingerprint density at radius 2 is 2.14 bits per heavy atom. The molecule has 2 amide bonds. The number of fused-ring (bicyclic) bond motifs is 2. The van der Waals surface area contributed by atoms with Gasteiger partial charge in [-0.05, 0) is 30.6 Å².